The summed E-state index contributed by atoms with van der Waals surface area (Å²) < 4.78 is 7.63. The third-order valence-electron chi connectivity index (χ3n) is 4.03. The molecule has 2 aromatic carbocycles. The van der Waals surface area contributed by atoms with Gasteiger partial charge in [0.25, 0.3) is 0 Å². The van der Waals surface area contributed by atoms with Crippen LogP contribution in [-0.4, -0.2) is 26.4 Å². The van der Waals surface area contributed by atoms with Gasteiger partial charge in [-0.3, -0.25) is 4.68 Å². The van der Waals surface area contributed by atoms with Crippen LogP contribution in [0.2, 0.25) is 0 Å². The second-order valence-corrected chi connectivity index (χ2v) is 5.83. The highest BCUT2D eigenvalue weighted by Gasteiger charge is 2.05. The molecule has 0 saturated carbocycles. The van der Waals surface area contributed by atoms with Crippen molar-refractivity contribution in [2.45, 2.75) is 6.54 Å². The summed E-state index contributed by atoms with van der Waals surface area (Å²) in [6.45, 7) is 1.27. The molecule has 0 unspecified atom stereocenters. The van der Waals surface area contributed by atoms with Crippen molar-refractivity contribution in [1.82, 2.24) is 19.7 Å². The third kappa shape index (κ3) is 3.78. The second-order valence-electron chi connectivity index (χ2n) is 5.83. The molecule has 4 rings (SSSR count). The Morgan fingerprint density at radius 2 is 1.62 bits per heavy atom. The van der Waals surface area contributed by atoms with E-state index >= 15 is 0 Å². The lowest BCUT2D eigenvalue weighted by Crippen LogP contribution is -2.08. The second kappa shape index (κ2) is 7.61. The topological polar surface area (TPSA) is 52.8 Å². The highest BCUT2D eigenvalue weighted by Crippen LogP contribution is 2.24. The molecule has 5 heteroatoms. The van der Waals surface area contributed by atoms with Crippen molar-refractivity contribution in [3.05, 3.63) is 85.6 Å². The van der Waals surface area contributed by atoms with Crippen LogP contribution >= 0.6 is 0 Å². The molecule has 0 N–H and O–H groups in total. The lowest BCUT2D eigenvalue weighted by atomic mass is 10.0. The molecule has 0 spiro atoms. The van der Waals surface area contributed by atoms with E-state index in [1.807, 2.05) is 71.8 Å². The van der Waals surface area contributed by atoms with Crippen LogP contribution in [0.1, 0.15) is 0 Å². The first-order valence-corrected chi connectivity index (χ1v) is 8.46. The maximum Gasteiger partial charge on any atom is 0.119 e. The fourth-order valence-corrected chi connectivity index (χ4v) is 2.72. The quantitative estimate of drug-likeness (QED) is 0.530. The molecule has 0 bridgehead atoms. The standard InChI is InChI=1S/C21H18N4O/c1-2-7-20(8-3-1)26-12-11-25-10-9-21(24-25)18-6-4-5-17(13-18)19-14-22-16-23-15-19/h1-10,13-16H,11-12H2. The van der Waals surface area contributed by atoms with E-state index in [2.05, 4.69) is 27.2 Å². The Bertz CT molecular complexity index is 967. The van der Waals surface area contributed by atoms with Crippen LogP contribution in [0, 0.1) is 0 Å². The molecule has 5 nitrogen and oxygen atoms in total. The number of nitrogens with zero attached hydrogens (tertiary/aromatic N) is 4. The first kappa shape index (κ1) is 16.0. The predicted octanol–water partition coefficient (Wildman–Crippen LogP) is 4.09. The van der Waals surface area contributed by atoms with E-state index < -0.39 is 0 Å². The molecule has 26 heavy (non-hydrogen) atoms. The summed E-state index contributed by atoms with van der Waals surface area (Å²) in [5.74, 6) is 0.873. The Kier molecular flexibility index (Phi) is 4.69. The molecular formula is C21H18N4O. The molecule has 0 atom stereocenters. The number of hydrogen-bond donors (Lipinski definition) is 0. The van der Waals surface area contributed by atoms with Crippen LogP contribution in [0.3, 0.4) is 0 Å². The normalized spacial score (nSPS) is 10.6. The zero-order valence-electron chi connectivity index (χ0n) is 14.2. The predicted molar refractivity (Wildman–Crippen MR) is 101 cm³/mol. The molecule has 2 aromatic heterocycles. The summed E-state index contributed by atoms with van der Waals surface area (Å²) in [6, 6.07) is 20.1. The van der Waals surface area contributed by atoms with Crippen molar-refractivity contribution in [2.24, 2.45) is 0 Å². The minimum absolute atomic E-state index is 0.576. The molecule has 0 radical (unpaired) electrons. The van der Waals surface area contributed by atoms with Gasteiger partial charge in [-0.2, -0.15) is 5.10 Å². The highest BCUT2D eigenvalue weighted by molar-refractivity contribution is 5.70. The van der Waals surface area contributed by atoms with E-state index in [0.29, 0.717) is 13.2 Å². The molecular weight excluding hydrogens is 324 g/mol. The molecule has 0 amide bonds. The summed E-state index contributed by atoms with van der Waals surface area (Å²) in [4.78, 5) is 8.16. The van der Waals surface area contributed by atoms with Crippen LogP contribution < -0.4 is 4.74 Å². The Labute approximate surface area is 151 Å². The Morgan fingerprint density at radius 1 is 0.808 bits per heavy atom. The van der Waals surface area contributed by atoms with Gasteiger partial charge in [-0.15, -0.1) is 0 Å². The molecule has 0 fully saturated rings. The van der Waals surface area contributed by atoms with Crippen molar-refractivity contribution >= 4 is 0 Å². The zero-order chi connectivity index (χ0) is 17.6. The molecule has 0 saturated heterocycles. The van der Waals surface area contributed by atoms with Crippen molar-refractivity contribution in [2.75, 3.05) is 6.61 Å². The summed E-state index contributed by atoms with van der Waals surface area (Å²) >= 11 is 0. The van der Waals surface area contributed by atoms with Crippen LogP contribution in [0.5, 0.6) is 5.75 Å². The van der Waals surface area contributed by atoms with Crippen LogP contribution in [0.25, 0.3) is 22.4 Å². The van der Waals surface area contributed by atoms with Crippen LogP contribution in [0.4, 0.5) is 0 Å². The largest absolute Gasteiger partial charge is 0.492 e. The van der Waals surface area contributed by atoms with Crippen molar-refractivity contribution < 1.29 is 4.74 Å². The average Bonchev–Trinajstić information content (AvgIpc) is 3.19. The van der Waals surface area contributed by atoms with E-state index in [1.165, 1.54) is 6.33 Å². The van der Waals surface area contributed by atoms with Crippen molar-refractivity contribution in [3.8, 4) is 28.1 Å². The van der Waals surface area contributed by atoms with E-state index in [9.17, 15) is 0 Å². The summed E-state index contributed by atoms with van der Waals surface area (Å²) in [5.41, 5.74) is 4.06. The van der Waals surface area contributed by atoms with Gasteiger partial charge in [0.15, 0.2) is 0 Å². The monoisotopic (exact) mass is 342 g/mol. The number of hydrogen-bond acceptors (Lipinski definition) is 4. The molecule has 4 aromatic rings. The minimum atomic E-state index is 0.576. The highest BCUT2D eigenvalue weighted by atomic mass is 16.5. The maximum absolute atomic E-state index is 5.73. The minimum Gasteiger partial charge on any atom is -0.492 e. The van der Waals surface area contributed by atoms with Gasteiger partial charge >= 0.3 is 0 Å². The smallest absolute Gasteiger partial charge is 0.119 e. The van der Waals surface area contributed by atoms with Crippen LogP contribution in [-0.2, 0) is 6.54 Å². The van der Waals surface area contributed by atoms with Gasteiger partial charge in [0, 0.05) is 29.7 Å². The summed E-state index contributed by atoms with van der Waals surface area (Å²) in [7, 11) is 0. The first-order valence-electron chi connectivity index (χ1n) is 8.46. The van der Waals surface area contributed by atoms with E-state index in [-0.39, 0.29) is 0 Å². The Balaban J connectivity index is 1.44. The maximum atomic E-state index is 5.73. The number of ether oxygens (including phenoxy) is 1. The first-order chi connectivity index (χ1) is 12.9. The summed E-state index contributed by atoms with van der Waals surface area (Å²) in [6.07, 6.45) is 7.13. The molecule has 128 valence electrons. The lowest BCUT2D eigenvalue weighted by molar-refractivity contribution is 0.291. The summed E-state index contributed by atoms with van der Waals surface area (Å²) in [5, 5.41) is 4.65. The number of rotatable bonds is 6. The average molecular weight is 342 g/mol. The van der Waals surface area contributed by atoms with Gasteiger partial charge in [-0.25, -0.2) is 9.97 Å². The number of aromatic nitrogens is 4. The molecule has 2 heterocycles. The molecule has 0 aliphatic rings. The molecule has 0 aliphatic heterocycles. The number of para-hydroxylation sites is 1. The fraction of sp³-hybridized carbons (Fsp3) is 0.0952. The van der Waals surface area contributed by atoms with Crippen molar-refractivity contribution in [1.29, 1.82) is 0 Å². The SMILES string of the molecule is c1ccc(OCCn2ccc(-c3cccc(-c4cncnc4)c3)n2)cc1. The van der Waals surface area contributed by atoms with Gasteiger partial charge in [0.1, 0.15) is 18.7 Å². The molecule has 0 aliphatic carbocycles. The van der Waals surface area contributed by atoms with Gasteiger partial charge in [0.2, 0.25) is 0 Å². The van der Waals surface area contributed by atoms with Gasteiger partial charge in [-0.1, -0.05) is 36.4 Å². The fourth-order valence-electron chi connectivity index (χ4n) is 2.72. The lowest BCUT2D eigenvalue weighted by Gasteiger charge is -2.06. The van der Waals surface area contributed by atoms with Gasteiger partial charge in [-0.05, 0) is 29.8 Å². The van der Waals surface area contributed by atoms with E-state index in [1.54, 1.807) is 0 Å². The van der Waals surface area contributed by atoms with Gasteiger partial charge < -0.3 is 4.74 Å². The Hall–Kier alpha value is -3.47. The Morgan fingerprint density at radius 3 is 2.46 bits per heavy atom. The number of benzene rings is 2. The van der Waals surface area contributed by atoms with Gasteiger partial charge in [0.05, 0.1) is 12.2 Å². The van der Waals surface area contributed by atoms with Crippen LogP contribution in [0.15, 0.2) is 85.6 Å². The van der Waals surface area contributed by atoms with Crippen molar-refractivity contribution in [3.63, 3.8) is 0 Å². The van der Waals surface area contributed by atoms with E-state index in [0.717, 1.165) is 28.1 Å². The van der Waals surface area contributed by atoms with E-state index in [4.69, 9.17) is 4.74 Å². The zero-order valence-corrected chi connectivity index (χ0v) is 14.2. The third-order valence-corrected chi connectivity index (χ3v) is 4.03.